The third-order valence-corrected chi connectivity index (χ3v) is 3.35. The first kappa shape index (κ1) is 9.69. The van der Waals surface area contributed by atoms with Crippen molar-refractivity contribution >= 4 is 11.8 Å². The van der Waals surface area contributed by atoms with Crippen molar-refractivity contribution in [2.45, 2.75) is 51.5 Å². The first-order valence-corrected chi connectivity index (χ1v) is 5.56. The lowest BCUT2D eigenvalue weighted by Crippen LogP contribution is -2.41. The van der Waals surface area contributed by atoms with Crippen molar-refractivity contribution in [3.05, 3.63) is 0 Å². The summed E-state index contributed by atoms with van der Waals surface area (Å²) in [4.78, 5) is 24.9. The zero-order valence-electron chi connectivity index (χ0n) is 8.66. The maximum absolute atomic E-state index is 11.7. The molecule has 1 saturated heterocycles. The van der Waals surface area contributed by atoms with Gasteiger partial charge >= 0.3 is 0 Å². The van der Waals surface area contributed by atoms with E-state index >= 15 is 0 Å². The standard InChI is InChI=1S/C11H17NO2/c1-8-7-10(13)12(11(8)14)9-5-3-2-4-6-9/h8-9H,2-7H2,1H3. The minimum absolute atomic E-state index is 0.0504. The average Bonchev–Trinajstić information content (AvgIpc) is 2.43. The molecule has 0 N–H and O–H groups in total. The fraction of sp³-hybridized carbons (Fsp3) is 0.818. The number of amides is 2. The third-order valence-electron chi connectivity index (χ3n) is 3.35. The van der Waals surface area contributed by atoms with E-state index < -0.39 is 0 Å². The minimum Gasteiger partial charge on any atom is -0.279 e. The molecule has 1 aliphatic heterocycles. The fourth-order valence-electron chi connectivity index (χ4n) is 2.53. The summed E-state index contributed by atoms with van der Waals surface area (Å²) in [5, 5.41) is 0. The van der Waals surface area contributed by atoms with Gasteiger partial charge in [0.1, 0.15) is 0 Å². The summed E-state index contributed by atoms with van der Waals surface area (Å²) < 4.78 is 0. The zero-order chi connectivity index (χ0) is 10.1. The zero-order valence-corrected chi connectivity index (χ0v) is 8.66. The lowest BCUT2D eigenvalue weighted by atomic mass is 9.94. The Morgan fingerprint density at radius 2 is 1.79 bits per heavy atom. The summed E-state index contributed by atoms with van der Waals surface area (Å²) in [6.45, 7) is 1.85. The Morgan fingerprint density at radius 3 is 2.29 bits per heavy atom. The molecule has 0 aromatic rings. The molecule has 1 aliphatic carbocycles. The molecule has 0 spiro atoms. The predicted octanol–water partition coefficient (Wildman–Crippen LogP) is 1.71. The number of nitrogens with zero attached hydrogens (tertiary/aromatic N) is 1. The van der Waals surface area contributed by atoms with Gasteiger partial charge in [0, 0.05) is 18.4 Å². The Kier molecular flexibility index (Phi) is 2.57. The monoisotopic (exact) mass is 195 g/mol. The number of imide groups is 1. The maximum Gasteiger partial charge on any atom is 0.232 e. The Morgan fingerprint density at radius 1 is 1.14 bits per heavy atom. The van der Waals surface area contributed by atoms with Gasteiger partial charge in [-0.1, -0.05) is 26.2 Å². The van der Waals surface area contributed by atoms with Crippen molar-refractivity contribution in [1.82, 2.24) is 4.90 Å². The second-order valence-electron chi connectivity index (χ2n) is 4.50. The fourth-order valence-corrected chi connectivity index (χ4v) is 2.53. The van der Waals surface area contributed by atoms with Gasteiger partial charge in [0.25, 0.3) is 0 Å². The number of hydrogen-bond donors (Lipinski definition) is 0. The van der Waals surface area contributed by atoms with Crippen LogP contribution in [0.3, 0.4) is 0 Å². The normalized spacial score (nSPS) is 30.1. The van der Waals surface area contributed by atoms with E-state index in [0.29, 0.717) is 6.42 Å². The maximum atomic E-state index is 11.7. The van der Waals surface area contributed by atoms with Crippen LogP contribution in [-0.4, -0.2) is 22.8 Å². The quantitative estimate of drug-likeness (QED) is 0.597. The van der Waals surface area contributed by atoms with Crippen LogP contribution >= 0.6 is 0 Å². The first-order chi connectivity index (χ1) is 6.70. The molecule has 78 valence electrons. The lowest BCUT2D eigenvalue weighted by Gasteiger charge is -2.29. The van der Waals surface area contributed by atoms with Crippen molar-refractivity contribution in [3.63, 3.8) is 0 Å². The average molecular weight is 195 g/mol. The highest BCUT2D eigenvalue weighted by molar-refractivity contribution is 6.03. The molecule has 0 aromatic carbocycles. The number of carbonyl (C=O) groups excluding carboxylic acids is 2. The number of carbonyl (C=O) groups is 2. The van der Waals surface area contributed by atoms with Crippen molar-refractivity contribution < 1.29 is 9.59 Å². The molecule has 3 nitrogen and oxygen atoms in total. The van der Waals surface area contributed by atoms with Crippen LogP contribution in [0, 0.1) is 5.92 Å². The molecule has 1 saturated carbocycles. The van der Waals surface area contributed by atoms with E-state index in [1.807, 2.05) is 6.92 Å². The van der Waals surface area contributed by atoms with Crippen molar-refractivity contribution in [2.24, 2.45) is 5.92 Å². The van der Waals surface area contributed by atoms with Gasteiger partial charge in [0.15, 0.2) is 0 Å². The highest BCUT2D eigenvalue weighted by Crippen LogP contribution is 2.29. The predicted molar refractivity (Wildman–Crippen MR) is 52.5 cm³/mol. The van der Waals surface area contributed by atoms with E-state index in [1.54, 1.807) is 4.90 Å². The van der Waals surface area contributed by atoms with Crippen LogP contribution in [0.4, 0.5) is 0 Å². The molecule has 1 unspecified atom stereocenters. The van der Waals surface area contributed by atoms with Crippen molar-refractivity contribution in [2.75, 3.05) is 0 Å². The third kappa shape index (κ3) is 1.56. The van der Waals surface area contributed by atoms with Crippen LogP contribution in [0.5, 0.6) is 0 Å². The molecule has 0 aromatic heterocycles. The second kappa shape index (κ2) is 3.71. The van der Waals surface area contributed by atoms with E-state index in [0.717, 1.165) is 25.7 Å². The van der Waals surface area contributed by atoms with E-state index in [-0.39, 0.29) is 23.8 Å². The smallest absolute Gasteiger partial charge is 0.232 e. The first-order valence-electron chi connectivity index (χ1n) is 5.56. The Labute approximate surface area is 84.5 Å². The van der Waals surface area contributed by atoms with Crippen molar-refractivity contribution in [1.29, 1.82) is 0 Å². The van der Waals surface area contributed by atoms with Gasteiger partial charge in [-0.3, -0.25) is 14.5 Å². The number of rotatable bonds is 1. The van der Waals surface area contributed by atoms with Gasteiger partial charge < -0.3 is 0 Å². The molecule has 1 atom stereocenters. The molecule has 2 amide bonds. The van der Waals surface area contributed by atoms with Crippen LogP contribution < -0.4 is 0 Å². The van der Waals surface area contributed by atoms with Gasteiger partial charge in [-0.15, -0.1) is 0 Å². The van der Waals surface area contributed by atoms with Gasteiger partial charge in [0.2, 0.25) is 11.8 Å². The van der Waals surface area contributed by atoms with Gasteiger partial charge in [0.05, 0.1) is 0 Å². The molecule has 2 aliphatic rings. The van der Waals surface area contributed by atoms with E-state index in [4.69, 9.17) is 0 Å². The highest BCUT2D eigenvalue weighted by Gasteiger charge is 2.39. The van der Waals surface area contributed by atoms with Crippen LogP contribution in [0.25, 0.3) is 0 Å². The largest absolute Gasteiger partial charge is 0.279 e. The van der Waals surface area contributed by atoms with Crippen molar-refractivity contribution in [3.8, 4) is 0 Å². The molecule has 0 radical (unpaired) electrons. The molecule has 2 rings (SSSR count). The second-order valence-corrected chi connectivity index (χ2v) is 4.50. The SMILES string of the molecule is CC1CC(=O)N(C2CCCCC2)C1=O. The molecule has 2 fully saturated rings. The molecule has 3 heteroatoms. The number of hydrogen-bond acceptors (Lipinski definition) is 2. The molecule has 14 heavy (non-hydrogen) atoms. The summed E-state index contributed by atoms with van der Waals surface area (Å²) in [6, 6.07) is 0.216. The summed E-state index contributed by atoms with van der Waals surface area (Å²) in [5.74, 6) is 0.0285. The van der Waals surface area contributed by atoms with Crippen LogP contribution in [-0.2, 0) is 9.59 Å². The van der Waals surface area contributed by atoms with E-state index in [1.165, 1.54) is 6.42 Å². The molecular weight excluding hydrogens is 178 g/mol. The van der Waals surface area contributed by atoms with Gasteiger partial charge in [-0.2, -0.15) is 0 Å². The van der Waals surface area contributed by atoms with Crippen LogP contribution in [0.2, 0.25) is 0 Å². The highest BCUT2D eigenvalue weighted by atomic mass is 16.2. The molecule has 1 heterocycles. The summed E-state index contributed by atoms with van der Waals surface area (Å²) >= 11 is 0. The van der Waals surface area contributed by atoms with E-state index in [9.17, 15) is 9.59 Å². The minimum atomic E-state index is -0.0792. The lowest BCUT2D eigenvalue weighted by molar-refractivity contribution is -0.142. The van der Waals surface area contributed by atoms with Crippen LogP contribution in [0.15, 0.2) is 0 Å². The summed E-state index contributed by atoms with van der Waals surface area (Å²) in [7, 11) is 0. The summed E-state index contributed by atoms with van der Waals surface area (Å²) in [6.07, 6.45) is 6.04. The van der Waals surface area contributed by atoms with Gasteiger partial charge in [-0.05, 0) is 12.8 Å². The molecule has 0 bridgehead atoms. The molecular formula is C11H17NO2. The Balaban J connectivity index is 2.08. The Bertz CT molecular complexity index is 256. The number of likely N-dealkylation sites (tertiary alicyclic amines) is 1. The topological polar surface area (TPSA) is 37.4 Å². The van der Waals surface area contributed by atoms with Crippen LogP contribution in [0.1, 0.15) is 45.4 Å². The Hall–Kier alpha value is -0.860. The summed E-state index contributed by atoms with van der Waals surface area (Å²) in [5.41, 5.74) is 0. The van der Waals surface area contributed by atoms with Gasteiger partial charge in [-0.25, -0.2) is 0 Å². The van der Waals surface area contributed by atoms with E-state index in [2.05, 4.69) is 0 Å².